The van der Waals surface area contributed by atoms with Crippen molar-refractivity contribution in [2.75, 3.05) is 0 Å². The topological polar surface area (TPSA) is 64.0 Å². The molecule has 2 aromatic rings. The van der Waals surface area contributed by atoms with Crippen LogP contribution in [0.5, 0.6) is 0 Å². The van der Waals surface area contributed by atoms with Gasteiger partial charge in [0.1, 0.15) is 0 Å². The highest BCUT2D eigenvalue weighted by Crippen LogP contribution is 2.07. The molecule has 0 radical (unpaired) electrons. The smallest absolute Gasteiger partial charge is 0.266 e. The summed E-state index contributed by atoms with van der Waals surface area (Å²) in [6.45, 7) is 0.567. The molecule has 0 spiro atoms. The molecule has 0 fully saturated rings. The van der Waals surface area contributed by atoms with E-state index in [1.807, 2.05) is 17.5 Å². The Balaban J connectivity index is 1.79. The van der Waals surface area contributed by atoms with Crippen molar-refractivity contribution in [2.45, 2.75) is 19.4 Å². The maximum atomic E-state index is 11.7. The average Bonchev–Trinajstić information content (AvgIpc) is 2.91. The Kier molecular flexibility index (Phi) is 4.46. The predicted molar refractivity (Wildman–Crippen MR) is 74.0 cm³/mol. The van der Waals surface area contributed by atoms with Gasteiger partial charge in [-0.1, -0.05) is 6.07 Å². The van der Waals surface area contributed by atoms with Gasteiger partial charge in [-0.25, -0.2) is 4.68 Å². The van der Waals surface area contributed by atoms with Crippen molar-refractivity contribution < 1.29 is 4.79 Å². The lowest BCUT2D eigenvalue weighted by Crippen LogP contribution is -2.24. The summed E-state index contributed by atoms with van der Waals surface area (Å²) in [5, 5.41) is 8.92. The van der Waals surface area contributed by atoms with E-state index in [-0.39, 0.29) is 11.5 Å². The zero-order valence-electron chi connectivity index (χ0n) is 10.6. The second-order valence-electron chi connectivity index (χ2n) is 4.14. The Bertz CT molecular complexity index is 605. The first-order valence-electron chi connectivity index (χ1n) is 5.97. The lowest BCUT2D eigenvalue weighted by Gasteiger charge is -2.04. The Morgan fingerprint density at radius 1 is 1.42 bits per heavy atom. The maximum absolute atomic E-state index is 11.7. The molecule has 1 amide bonds. The van der Waals surface area contributed by atoms with Crippen LogP contribution in [0.3, 0.4) is 0 Å². The monoisotopic (exact) mass is 277 g/mol. The third kappa shape index (κ3) is 4.03. The van der Waals surface area contributed by atoms with Gasteiger partial charge in [-0.15, -0.1) is 11.3 Å². The first kappa shape index (κ1) is 13.5. The van der Waals surface area contributed by atoms with E-state index in [0.717, 1.165) is 10.6 Å². The summed E-state index contributed by atoms with van der Waals surface area (Å²) in [6, 6.07) is 7.07. The van der Waals surface area contributed by atoms with Crippen LogP contribution in [0.4, 0.5) is 0 Å². The first-order valence-corrected chi connectivity index (χ1v) is 6.85. The summed E-state index contributed by atoms with van der Waals surface area (Å²) in [4.78, 5) is 24.0. The molecule has 0 aliphatic carbocycles. The maximum Gasteiger partial charge on any atom is 0.266 e. The third-order valence-electron chi connectivity index (χ3n) is 2.66. The van der Waals surface area contributed by atoms with Gasteiger partial charge in [-0.2, -0.15) is 5.10 Å². The standard InChI is InChI=1S/C13H15N3O2S/c1-16-13(18)7-5-10(15-16)4-6-12(17)14-9-11-3-2-8-19-11/h2-3,5,7-8H,4,6,9H2,1H3,(H,14,17). The number of hydrogen-bond donors (Lipinski definition) is 1. The van der Waals surface area contributed by atoms with Gasteiger partial charge in [-0.05, 0) is 17.5 Å². The molecule has 0 saturated heterocycles. The van der Waals surface area contributed by atoms with Crippen molar-refractivity contribution in [1.29, 1.82) is 0 Å². The fourth-order valence-corrected chi connectivity index (χ4v) is 2.26. The summed E-state index contributed by atoms with van der Waals surface area (Å²) < 4.78 is 1.28. The highest BCUT2D eigenvalue weighted by molar-refractivity contribution is 7.09. The number of aromatic nitrogens is 2. The third-order valence-corrected chi connectivity index (χ3v) is 3.54. The molecule has 6 heteroatoms. The molecular weight excluding hydrogens is 262 g/mol. The van der Waals surface area contributed by atoms with Gasteiger partial charge in [0.25, 0.3) is 5.56 Å². The van der Waals surface area contributed by atoms with Crippen LogP contribution in [0, 0.1) is 0 Å². The minimum Gasteiger partial charge on any atom is -0.351 e. The van der Waals surface area contributed by atoms with E-state index >= 15 is 0 Å². The molecule has 5 nitrogen and oxygen atoms in total. The van der Waals surface area contributed by atoms with Crippen LogP contribution in [0.2, 0.25) is 0 Å². The summed E-state index contributed by atoms with van der Waals surface area (Å²) >= 11 is 1.62. The largest absolute Gasteiger partial charge is 0.351 e. The number of hydrogen-bond acceptors (Lipinski definition) is 4. The summed E-state index contributed by atoms with van der Waals surface area (Å²) in [5.74, 6) is -0.0101. The second-order valence-corrected chi connectivity index (χ2v) is 5.17. The number of amides is 1. The minimum atomic E-state index is -0.147. The van der Waals surface area contributed by atoms with Crippen LogP contribution >= 0.6 is 11.3 Å². The molecule has 1 N–H and O–H groups in total. The molecule has 2 heterocycles. The van der Waals surface area contributed by atoms with Gasteiger partial charge >= 0.3 is 0 Å². The number of nitrogens with one attached hydrogen (secondary N) is 1. The highest BCUT2D eigenvalue weighted by Gasteiger charge is 2.04. The fraction of sp³-hybridized carbons (Fsp3) is 0.308. The minimum absolute atomic E-state index is 0.0101. The van der Waals surface area contributed by atoms with Crippen LogP contribution in [0.1, 0.15) is 17.0 Å². The molecule has 0 saturated carbocycles. The van der Waals surface area contributed by atoms with Gasteiger partial charge < -0.3 is 5.32 Å². The van der Waals surface area contributed by atoms with Crippen LogP contribution in [0.25, 0.3) is 0 Å². The molecule has 0 bridgehead atoms. The molecule has 19 heavy (non-hydrogen) atoms. The van der Waals surface area contributed by atoms with Gasteiger partial charge in [0.2, 0.25) is 5.91 Å². The van der Waals surface area contributed by atoms with Crippen LogP contribution < -0.4 is 10.9 Å². The van der Waals surface area contributed by atoms with Gasteiger partial charge in [0.15, 0.2) is 0 Å². The average molecular weight is 277 g/mol. The Labute approximate surface area is 114 Å². The van der Waals surface area contributed by atoms with E-state index in [1.165, 1.54) is 10.7 Å². The number of carbonyl (C=O) groups excluding carboxylic acids is 1. The van der Waals surface area contributed by atoms with Crippen molar-refractivity contribution in [2.24, 2.45) is 7.05 Å². The molecule has 0 aromatic carbocycles. The van der Waals surface area contributed by atoms with E-state index in [4.69, 9.17) is 0 Å². The van der Waals surface area contributed by atoms with E-state index in [2.05, 4.69) is 10.4 Å². The first-order chi connectivity index (χ1) is 9.15. The zero-order chi connectivity index (χ0) is 13.7. The molecule has 2 rings (SSSR count). The van der Waals surface area contributed by atoms with Crippen molar-refractivity contribution >= 4 is 17.2 Å². The predicted octanol–water partition coefficient (Wildman–Crippen LogP) is 1.09. The summed E-state index contributed by atoms with van der Waals surface area (Å²) in [6.07, 6.45) is 0.904. The van der Waals surface area contributed by atoms with Crippen LogP contribution in [-0.2, 0) is 24.8 Å². The summed E-state index contributed by atoms with van der Waals surface area (Å²) in [5.41, 5.74) is 0.597. The summed E-state index contributed by atoms with van der Waals surface area (Å²) in [7, 11) is 1.60. The van der Waals surface area contributed by atoms with Crippen molar-refractivity contribution in [3.63, 3.8) is 0 Å². The quantitative estimate of drug-likeness (QED) is 0.890. The number of rotatable bonds is 5. The fourth-order valence-electron chi connectivity index (χ4n) is 1.61. The number of thiophene rings is 1. The van der Waals surface area contributed by atoms with Crippen molar-refractivity contribution in [3.8, 4) is 0 Å². The normalized spacial score (nSPS) is 10.4. The Hall–Kier alpha value is -1.95. The molecule has 100 valence electrons. The van der Waals surface area contributed by atoms with Crippen molar-refractivity contribution in [3.05, 3.63) is 50.6 Å². The van der Waals surface area contributed by atoms with E-state index < -0.39 is 0 Å². The molecule has 0 aliphatic heterocycles. The van der Waals surface area contributed by atoms with Crippen LogP contribution in [0.15, 0.2) is 34.4 Å². The highest BCUT2D eigenvalue weighted by atomic mass is 32.1. The molecule has 0 aliphatic rings. The van der Waals surface area contributed by atoms with Crippen LogP contribution in [-0.4, -0.2) is 15.7 Å². The number of carbonyl (C=O) groups is 1. The Morgan fingerprint density at radius 2 is 2.26 bits per heavy atom. The molecule has 2 aromatic heterocycles. The van der Waals surface area contributed by atoms with Gasteiger partial charge in [-0.3, -0.25) is 9.59 Å². The lowest BCUT2D eigenvalue weighted by atomic mass is 10.2. The molecule has 0 atom stereocenters. The molecule has 0 unspecified atom stereocenters. The molecular formula is C13H15N3O2S. The van der Waals surface area contributed by atoms with E-state index in [1.54, 1.807) is 24.5 Å². The number of nitrogens with zero attached hydrogens (tertiary/aromatic N) is 2. The van der Waals surface area contributed by atoms with Crippen molar-refractivity contribution in [1.82, 2.24) is 15.1 Å². The SMILES string of the molecule is Cn1nc(CCC(=O)NCc2cccs2)ccc1=O. The number of aryl methyl sites for hydroxylation is 2. The Morgan fingerprint density at radius 3 is 2.95 bits per heavy atom. The zero-order valence-corrected chi connectivity index (χ0v) is 11.4. The van der Waals surface area contributed by atoms with Gasteiger partial charge in [0, 0.05) is 30.8 Å². The van der Waals surface area contributed by atoms with Gasteiger partial charge in [0.05, 0.1) is 12.2 Å². The van der Waals surface area contributed by atoms with E-state index in [0.29, 0.717) is 19.4 Å². The van der Waals surface area contributed by atoms with E-state index in [9.17, 15) is 9.59 Å². The lowest BCUT2D eigenvalue weighted by molar-refractivity contribution is -0.121. The second kappa shape index (κ2) is 6.29.